The van der Waals surface area contributed by atoms with Crippen LogP contribution in [-0.4, -0.2) is 50.8 Å². The van der Waals surface area contributed by atoms with E-state index < -0.39 is 6.10 Å². The number of aromatic nitrogens is 2. The lowest BCUT2D eigenvalue weighted by atomic mass is 9.78. The number of amides is 1. The summed E-state index contributed by atoms with van der Waals surface area (Å²) >= 11 is 0. The van der Waals surface area contributed by atoms with Gasteiger partial charge in [-0.05, 0) is 55.4 Å². The minimum atomic E-state index is -0.618. The largest absolute Gasteiger partial charge is 0.487 e. The van der Waals surface area contributed by atoms with E-state index in [2.05, 4.69) is 4.98 Å². The van der Waals surface area contributed by atoms with Crippen LogP contribution in [0.3, 0.4) is 0 Å². The number of likely N-dealkylation sites (tertiary alicyclic amines) is 1. The van der Waals surface area contributed by atoms with Gasteiger partial charge in [0.1, 0.15) is 29.2 Å². The third kappa shape index (κ3) is 4.13. The minimum Gasteiger partial charge on any atom is -0.487 e. The zero-order valence-corrected chi connectivity index (χ0v) is 18.8. The zero-order valence-electron chi connectivity index (χ0n) is 18.8. The molecule has 2 fully saturated rings. The standard InChI is InChI=1S/C26H28FN3O3/c1-16-10-20(27)8-9-23(16)33-24-12-19-15-30(14-18(19)11-22(24)31)26(32)21-13-28-25(29(21)2)17-6-4-3-5-7-17/h3-10,13,18-19,22,24,31H,11-12,14-15H2,1-2H3/t18-,19+,22+,24+/m0/s1. The highest BCUT2D eigenvalue weighted by Gasteiger charge is 2.44. The lowest BCUT2D eigenvalue weighted by Crippen LogP contribution is -2.42. The van der Waals surface area contributed by atoms with Crippen molar-refractivity contribution in [2.45, 2.75) is 32.0 Å². The minimum absolute atomic E-state index is 0.0390. The molecule has 6 nitrogen and oxygen atoms in total. The number of ether oxygens (including phenoxy) is 1. The Morgan fingerprint density at radius 2 is 1.85 bits per heavy atom. The first-order valence-corrected chi connectivity index (χ1v) is 11.4. The van der Waals surface area contributed by atoms with Crippen molar-refractivity contribution in [3.63, 3.8) is 0 Å². The molecule has 1 aromatic heterocycles. The number of hydrogen-bond donors (Lipinski definition) is 1. The summed E-state index contributed by atoms with van der Waals surface area (Å²) in [6.45, 7) is 3.04. The maximum Gasteiger partial charge on any atom is 0.272 e. The maximum absolute atomic E-state index is 13.4. The number of aliphatic hydroxyl groups is 1. The van der Waals surface area contributed by atoms with E-state index in [1.807, 2.05) is 46.8 Å². The summed E-state index contributed by atoms with van der Waals surface area (Å²) in [5, 5.41) is 10.7. The van der Waals surface area contributed by atoms with Gasteiger partial charge >= 0.3 is 0 Å². The van der Waals surface area contributed by atoms with Crippen molar-refractivity contribution in [1.29, 1.82) is 0 Å². The highest BCUT2D eigenvalue weighted by Crippen LogP contribution is 2.39. The molecule has 1 saturated heterocycles. The molecule has 2 aromatic carbocycles. The Hall–Kier alpha value is -3.19. The summed E-state index contributed by atoms with van der Waals surface area (Å²) in [6.07, 6.45) is 1.90. The van der Waals surface area contributed by atoms with Crippen molar-refractivity contribution < 1.29 is 19.0 Å². The van der Waals surface area contributed by atoms with E-state index in [1.54, 1.807) is 19.2 Å². The summed E-state index contributed by atoms with van der Waals surface area (Å²) < 4.78 is 21.3. The van der Waals surface area contributed by atoms with Crippen LogP contribution >= 0.6 is 0 Å². The smallest absolute Gasteiger partial charge is 0.272 e. The molecule has 0 bridgehead atoms. The molecule has 1 amide bonds. The first-order valence-electron chi connectivity index (χ1n) is 11.4. The first-order chi connectivity index (χ1) is 15.9. The van der Waals surface area contributed by atoms with Crippen molar-refractivity contribution in [3.8, 4) is 17.1 Å². The number of aryl methyl sites for hydroxylation is 1. The van der Waals surface area contributed by atoms with Gasteiger partial charge < -0.3 is 19.3 Å². The van der Waals surface area contributed by atoms with Crippen molar-refractivity contribution in [3.05, 3.63) is 71.8 Å². The SMILES string of the molecule is Cc1cc(F)ccc1O[C@@H]1C[C@@H]2CN(C(=O)c3cnc(-c4ccccc4)n3C)C[C@@H]2C[C@H]1O. The number of hydrogen-bond acceptors (Lipinski definition) is 4. The topological polar surface area (TPSA) is 67.6 Å². The molecule has 0 spiro atoms. The van der Waals surface area contributed by atoms with E-state index in [4.69, 9.17) is 4.74 Å². The third-order valence-electron chi connectivity index (χ3n) is 7.03. The lowest BCUT2D eigenvalue weighted by molar-refractivity contribution is -0.0234. The van der Waals surface area contributed by atoms with Gasteiger partial charge in [0.25, 0.3) is 5.91 Å². The fraction of sp³-hybridized carbons (Fsp3) is 0.385. The van der Waals surface area contributed by atoms with Gasteiger partial charge in [0, 0.05) is 25.7 Å². The number of aliphatic hydroxyl groups excluding tert-OH is 1. The van der Waals surface area contributed by atoms with Gasteiger partial charge in [-0.25, -0.2) is 9.37 Å². The van der Waals surface area contributed by atoms with Crippen molar-refractivity contribution in [1.82, 2.24) is 14.5 Å². The van der Waals surface area contributed by atoms with Crippen LogP contribution in [-0.2, 0) is 7.05 Å². The Labute approximate surface area is 192 Å². The molecule has 4 atom stereocenters. The highest BCUT2D eigenvalue weighted by atomic mass is 19.1. The molecule has 33 heavy (non-hydrogen) atoms. The third-order valence-corrected chi connectivity index (χ3v) is 7.03. The van der Waals surface area contributed by atoms with Gasteiger partial charge in [0.2, 0.25) is 0 Å². The van der Waals surface area contributed by atoms with Crippen LogP contribution in [0.25, 0.3) is 11.4 Å². The second-order valence-electron chi connectivity index (χ2n) is 9.23. The van der Waals surface area contributed by atoms with E-state index in [0.717, 1.165) is 11.4 Å². The van der Waals surface area contributed by atoms with Gasteiger partial charge in [-0.15, -0.1) is 0 Å². The molecule has 0 unspecified atom stereocenters. The Morgan fingerprint density at radius 3 is 2.58 bits per heavy atom. The maximum atomic E-state index is 13.4. The van der Waals surface area contributed by atoms with Gasteiger partial charge in [0.15, 0.2) is 0 Å². The van der Waals surface area contributed by atoms with Crippen LogP contribution in [0.1, 0.15) is 28.9 Å². The first kappa shape index (κ1) is 21.6. The van der Waals surface area contributed by atoms with Crippen LogP contribution in [0.15, 0.2) is 54.7 Å². The normalized spacial score (nSPS) is 24.5. The number of halogens is 1. The van der Waals surface area contributed by atoms with Crippen LogP contribution in [0.4, 0.5) is 4.39 Å². The molecular weight excluding hydrogens is 421 g/mol. The van der Waals surface area contributed by atoms with E-state index in [0.29, 0.717) is 42.9 Å². The number of nitrogens with zero attached hydrogens (tertiary/aromatic N) is 3. The van der Waals surface area contributed by atoms with Crippen LogP contribution in [0.5, 0.6) is 5.75 Å². The quantitative estimate of drug-likeness (QED) is 0.658. The second-order valence-corrected chi connectivity index (χ2v) is 9.23. The van der Waals surface area contributed by atoms with Crippen molar-refractivity contribution >= 4 is 5.91 Å². The number of rotatable bonds is 4. The van der Waals surface area contributed by atoms with Crippen LogP contribution in [0.2, 0.25) is 0 Å². The van der Waals surface area contributed by atoms with Gasteiger partial charge in [0.05, 0.1) is 12.3 Å². The summed E-state index contributed by atoms with van der Waals surface area (Å²) in [5.41, 5.74) is 2.23. The molecule has 0 radical (unpaired) electrons. The van der Waals surface area contributed by atoms with Gasteiger partial charge in [-0.3, -0.25) is 4.79 Å². The second kappa shape index (κ2) is 8.63. The Kier molecular flexibility index (Phi) is 5.66. The Bertz CT molecular complexity index is 1160. The van der Waals surface area contributed by atoms with E-state index in [9.17, 15) is 14.3 Å². The molecule has 5 rings (SSSR count). The number of benzene rings is 2. The number of fused-ring (bicyclic) bond motifs is 1. The summed E-state index contributed by atoms with van der Waals surface area (Å²) in [6, 6.07) is 14.2. The van der Waals surface area contributed by atoms with Gasteiger partial charge in [-0.2, -0.15) is 0 Å². The van der Waals surface area contributed by atoms with E-state index in [-0.39, 0.29) is 29.7 Å². The molecule has 1 saturated carbocycles. The Balaban J connectivity index is 1.28. The predicted molar refractivity (Wildman–Crippen MR) is 122 cm³/mol. The molecule has 3 aromatic rings. The molecule has 2 aliphatic rings. The summed E-state index contributed by atoms with van der Waals surface area (Å²) in [7, 11) is 1.87. The molecule has 7 heteroatoms. The van der Waals surface area contributed by atoms with Crippen molar-refractivity contribution in [2.75, 3.05) is 13.1 Å². The Morgan fingerprint density at radius 1 is 1.12 bits per heavy atom. The number of carbonyl (C=O) groups excluding carboxylic acids is 1. The van der Waals surface area contributed by atoms with E-state index >= 15 is 0 Å². The van der Waals surface area contributed by atoms with Crippen LogP contribution in [0, 0.1) is 24.6 Å². The van der Waals surface area contributed by atoms with Crippen LogP contribution < -0.4 is 4.74 Å². The molecule has 2 heterocycles. The molecule has 172 valence electrons. The number of carbonyl (C=O) groups is 1. The monoisotopic (exact) mass is 449 g/mol. The average molecular weight is 450 g/mol. The molecule has 1 aliphatic heterocycles. The summed E-state index contributed by atoms with van der Waals surface area (Å²) in [5.74, 6) is 1.50. The van der Waals surface area contributed by atoms with Gasteiger partial charge in [-0.1, -0.05) is 30.3 Å². The van der Waals surface area contributed by atoms with E-state index in [1.165, 1.54) is 12.1 Å². The zero-order chi connectivity index (χ0) is 23.1. The predicted octanol–water partition coefficient (Wildman–Crippen LogP) is 3.83. The lowest BCUT2D eigenvalue weighted by Gasteiger charge is -2.35. The fourth-order valence-electron chi connectivity index (χ4n) is 5.22. The molecule has 1 N–H and O–H groups in total. The highest BCUT2D eigenvalue weighted by molar-refractivity contribution is 5.93. The summed E-state index contributed by atoms with van der Waals surface area (Å²) in [4.78, 5) is 19.7. The molecule has 1 aliphatic carbocycles. The molecular formula is C26H28FN3O3. The number of imidazole rings is 1. The fourth-order valence-corrected chi connectivity index (χ4v) is 5.22. The average Bonchev–Trinajstić information content (AvgIpc) is 3.39. The van der Waals surface area contributed by atoms with Crippen molar-refractivity contribution in [2.24, 2.45) is 18.9 Å².